The van der Waals surface area contributed by atoms with Crippen LogP contribution in [-0.4, -0.2) is 58.1 Å². The molecule has 34 heavy (non-hydrogen) atoms. The van der Waals surface area contributed by atoms with E-state index in [1.165, 1.54) is 18.0 Å². The number of nitrogens with one attached hydrogen (secondary N) is 2. The summed E-state index contributed by atoms with van der Waals surface area (Å²) in [5, 5.41) is 30.0. The maximum Gasteiger partial charge on any atom is 0.257 e. The fraction of sp³-hybridized carbons (Fsp3) is 0.391. The molecule has 9 nitrogen and oxygen atoms in total. The smallest absolute Gasteiger partial charge is 0.257 e. The number of nitrogens with zero attached hydrogens (tertiary/aromatic N) is 5. The van der Waals surface area contributed by atoms with Crippen LogP contribution in [-0.2, 0) is 23.1 Å². The first kappa shape index (κ1) is 23.5. The van der Waals surface area contributed by atoms with Gasteiger partial charge in [0, 0.05) is 37.3 Å². The third-order valence-electron chi connectivity index (χ3n) is 5.91. The number of nitriles is 1. The number of benzene rings is 1. The van der Waals surface area contributed by atoms with E-state index in [2.05, 4.69) is 31.8 Å². The van der Waals surface area contributed by atoms with Crippen LogP contribution in [0.25, 0.3) is 11.3 Å². The van der Waals surface area contributed by atoms with Gasteiger partial charge in [0.05, 0.1) is 47.7 Å². The molecule has 0 saturated carbocycles. The fourth-order valence-electron chi connectivity index (χ4n) is 4.03. The standard InChI is InChI=1S/C23H25F2N7O2/c1-23(13-33)12-28-21-15(9-26)7-14(8-16(21)23)17-3-5-27-22(30-17)31-18-10-29-32(11-20(24)25)19(18)4-6-34-2/h3,5,7-8,10,20,28,33H,4,6,11-13H2,1-2H3,(H,27,30,31). The van der Waals surface area contributed by atoms with Crippen LogP contribution in [0.5, 0.6) is 0 Å². The number of rotatable bonds is 9. The quantitative estimate of drug-likeness (QED) is 0.437. The molecular formula is C23H25F2N7O2. The van der Waals surface area contributed by atoms with E-state index < -0.39 is 18.4 Å². The maximum absolute atomic E-state index is 13.0. The van der Waals surface area contributed by atoms with Crippen LogP contribution >= 0.6 is 0 Å². The molecule has 2 aromatic heterocycles. The van der Waals surface area contributed by atoms with Crippen LogP contribution in [0, 0.1) is 11.3 Å². The van der Waals surface area contributed by atoms with Gasteiger partial charge in [-0.2, -0.15) is 10.4 Å². The van der Waals surface area contributed by atoms with E-state index in [0.717, 1.165) is 11.3 Å². The lowest BCUT2D eigenvalue weighted by molar-refractivity contribution is 0.119. The Morgan fingerprint density at radius 2 is 2.24 bits per heavy atom. The first-order valence-electron chi connectivity index (χ1n) is 10.7. The number of aromatic nitrogens is 4. The second kappa shape index (κ2) is 9.70. The topological polar surface area (TPSA) is 121 Å². The number of hydrogen-bond acceptors (Lipinski definition) is 8. The Morgan fingerprint density at radius 3 is 2.94 bits per heavy atom. The van der Waals surface area contributed by atoms with Crippen LogP contribution in [0.15, 0.2) is 30.6 Å². The number of ether oxygens (including phenoxy) is 1. The minimum absolute atomic E-state index is 0.0647. The summed E-state index contributed by atoms with van der Waals surface area (Å²) in [6, 6.07) is 7.59. The summed E-state index contributed by atoms with van der Waals surface area (Å²) in [6.45, 7) is 2.22. The first-order chi connectivity index (χ1) is 16.4. The molecule has 0 amide bonds. The van der Waals surface area contributed by atoms with Crippen molar-refractivity contribution in [1.29, 1.82) is 5.26 Å². The van der Waals surface area contributed by atoms with Crippen molar-refractivity contribution in [2.75, 3.05) is 37.5 Å². The van der Waals surface area contributed by atoms with Crippen molar-refractivity contribution in [2.45, 2.75) is 31.7 Å². The molecule has 3 aromatic rings. The Bertz CT molecular complexity index is 1220. The zero-order chi connectivity index (χ0) is 24.3. The molecule has 3 N–H and O–H groups in total. The largest absolute Gasteiger partial charge is 0.395 e. The number of fused-ring (bicyclic) bond motifs is 1. The van der Waals surface area contributed by atoms with E-state index in [1.54, 1.807) is 18.3 Å². The highest BCUT2D eigenvalue weighted by molar-refractivity contribution is 5.76. The van der Waals surface area contributed by atoms with Crippen LogP contribution in [0.2, 0.25) is 0 Å². The lowest BCUT2D eigenvalue weighted by Gasteiger charge is -2.21. The molecule has 4 rings (SSSR count). The molecule has 1 aliphatic heterocycles. The molecule has 0 radical (unpaired) electrons. The average molecular weight is 469 g/mol. The molecule has 0 bridgehead atoms. The maximum atomic E-state index is 13.0. The average Bonchev–Trinajstić information content (AvgIpc) is 3.37. The Morgan fingerprint density at radius 1 is 1.41 bits per heavy atom. The molecule has 1 unspecified atom stereocenters. The third kappa shape index (κ3) is 4.55. The van der Waals surface area contributed by atoms with E-state index in [-0.39, 0.29) is 12.6 Å². The zero-order valence-electron chi connectivity index (χ0n) is 18.8. The predicted molar refractivity (Wildman–Crippen MR) is 122 cm³/mol. The van der Waals surface area contributed by atoms with Crippen molar-refractivity contribution in [1.82, 2.24) is 19.7 Å². The van der Waals surface area contributed by atoms with Crippen molar-refractivity contribution in [3.8, 4) is 17.3 Å². The summed E-state index contributed by atoms with van der Waals surface area (Å²) < 4.78 is 32.3. The predicted octanol–water partition coefficient (Wildman–Crippen LogP) is 3.08. The second-order valence-electron chi connectivity index (χ2n) is 8.34. The molecule has 1 aromatic carbocycles. The highest BCUT2D eigenvalue weighted by Gasteiger charge is 2.36. The number of anilines is 3. The number of halogens is 2. The van der Waals surface area contributed by atoms with Crippen molar-refractivity contribution in [3.05, 3.63) is 47.4 Å². The SMILES string of the molecule is COCCc1c(Nc2nccc(-c3cc(C#N)c4c(c3)C(C)(CO)CN4)n2)cnn1CC(F)F. The van der Waals surface area contributed by atoms with Crippen LogP contribution in [0.3, 0.4) is 0 Å². The second-order valence-corrected chi connectivity index (χ2v) is 8.34. The minimum Gasteiger partial charge on any atom is -0.395 e. The van der Waals surface area contributed by atoms with Gasteiger partial charge in [0.15, 0.2) is 0 Å². The monoisotopic (exact) mass is 469 g/mol. The van der Waals surface area contributed by atoms with E-state index >= 15 is 0 Å². The van der Waals surface area contributed by atoms with Crippen LogP contribution in [0.1, 0.15) is 23.7 Å². The molecule has 0 aliphatic carbocycles. The number of aliphatic hydroxyl groups is 1. The van der Waals surface area contributed by atoms with Gasteiger partial charge in [0.25, 0.3) is 6.43 Å². The van der Waals surface area contributed by atoms with Gasteiger partial charge in [-0.3, -0.25) is 4.68 Å². The summed E-state index contributed by atoms with van der Waals surface area (Å²) in [5.41, 5.74) is 3.88. The molecule has 1 atom stereocenters. The molecule has 178 valence electrons. The Hall–Kier alpha value is -3.62. The van der Waals surface area contributed by atoms with Crippen molar-refractivity contribution < 1.29 is 18.6 Å². The van der Waals surface area contributed by atoms with Crippen molar-refractivity contribution >= 4 is 17.3 Å². The van der Waals surface area contributed by atoms with Crippen molar-refractivity contribution in [3.63, 3.8) is 0 Å². The summed E-state index contributed by atoms with van der Waals surface area (Å²) in [4.78, 5) is 8.83. The van der Waals surface area contributed by atoms with Gasteiger partial charge in [0.2, 0.25) is 5.95 Å². The summed E-state index contributed by atoms with van der Waals surface area (Å²) in [7, 11) is 1.54. The van der Waals surface area contributed by atoms with Crippen LogP contribution < -0.4 is 10.6 Å². The van der Waals surface area contributed by atoms with Gasteiger partial charge in [-0.15, -0.1) is 0 Å². The number of aliphatic hydroxyl groups excluding tert-OH is 1. The Kier molecular flexibility index (Phi) is 6.72. The molecular weight excluding hydrogens is 444 g/mol. The van der Waals surface area contributed by atoms with E-state index in [9.17, 15) is 19.1 Å². The molecule has 0 fully saturated rings. The molecule has 0 saturated heterocycles. The normalized spacial score (nSPS) is 16.9. The Labute approximate surface area is 195 Å². The van der Waals surface area contributed by atoms with Crippen molar-refractivity contribution in [2.24, 2.45) is 0 Å². The van der Waals surface area contributed by atoms with Gasteiger partial charge in [-0.25, -0.2) is 18.7 Å². The van der Waals surface area contributed by atoms with Gasteiger partial charge in [-0.05, 0) is 23.8 Å². The van der Waals surface area contributed by atoms with Crippen LogP contribution in [0.4, 0.5) is 26.1 Å². The number of methoxy groups -OCH3 is 1. The van der Waals surface area contributed by atoms with E-state index in [1.807, 2.05) is 13.0 Å². The van der Waals surface area contributed by atoms with E-state index in [0.29, 0.717) is 47.8 Å². The number of hydrogen-bond donors (Lipinski definition) is 3. The summed E-state index contributed by atoms with van der Waals surface area (Å²) in [5.74, 6) is 0.259. The Balaban J connectivity index is 1.68. The first-order valence-corrected chi connectivity index (χ1v) is 10.7. The fourth-order valence-corrected chi connectivity index (χ4v) is 4.03. The zero-order valence-corrected chi connectivity index (χ0v) is 18.8. The van der Waals surface area contributed by atoms with Gasteiger partial charge >= 0.3 is 0 Å². The molecule has 3 heterocycles. The highest BCUT2D eigenvalue weighted by atomic mass is 19.3. The summed E-state index contributed by atoms with van der Waals surface area (Å²) >= 11 is 0. The van der Waals surface area contributed by atoms with Gasteiger partial charge < -0.3 is 20.5 Å². The van der Waals surface area contributed by atoms with Gasteiger partial charge in [0.1, 0.15) is 12.6 Å². The van der Waals surface area contributed by atoms with Gasteiger partial charge in [-0.1, -0.05) is 6.92 Å². The third-order valence-corrected chi connectivity index (χ3v) is 5.91. The molecule has 11 heteroatoms. The number of alkyl halides is 2. The lowest BCUT2D eigenvalue weighted by Crippen LogP contribution is -2.28. The lowest BCUT2D eigenvalue weighted by atomic mass is 9.83. The minimum atomic E-state index is -2.54. The summed E-state index contributed by atoms with van der Waals surface area (Å²) in [6.07, 6.45) is 0.882. The molecule has 1 aliphatic rings. The van der Waals surface area contributed by atoms with E-state index in [4.69, 9.17) is 4.74 Å². The highest BCUT2D eigenvalue weighted by Crippen LogP contribution is 2.41. The molecule has 0 spiro atoms.